The van der Waals surface area contributed by atoms with Crippen molar-refractivity contribution >= 4 is 13.9 Å². The zero-order valence-electron chi connectivity index (χ0n) is 18.7. The smallest absolute Gasteiger partial charge is 0.122 e. The lowest BCUT2D eigenvalue weighted by molar-refractivity contribution is 0.438. The third kappa shape index (κ3) is 5.16. The van der Waals surface area contributed by atoms with Crippen LogP contribution in [-0.4, -0.2) is 11.1 Å². The lowest BCUT2D eigenvalue weighted by Crippen LogP contribution is -2.28. The zero-order chi connectivity index (χ0) is 20.9. The van der Waals surface area contributed by atoms with Crippen molar-refractivity contribution in [1.82, 2.24) is 5.32 Å². The third-order valence-corrected chi connectivity index (χ3v) is 7.98. The van der Waals surface area contributed by atoms with Crippen LogP contribution in [0.25, 0.3) is 0 Å². The number of benzene rings is 2. The van der Waals surface area contributed by atoms with Gasteiger partial charge >= 0.3 is 0 Å². The first kappa shape index (κ1) is 22.9. The minimum absolute atomic E-state index is 0.0195. The predicted molar refractivity (Wildman–Crippen MR) is 126 cm³/mol. The Morgan fingerprint density at radius 2 is 1.79 bits per heavy atom. The van der Waals surface area contributed by atoms with E-state index in [1.165, 1.54) is 22.0 Å². The highest BCUT2D eigenvalue weighted by Gasteiger charge is 2.34. The van der Waals surface area contributed by atoms with Crippen LogP contribution in [0.3, 0.4) is 0 Å². The van der Waals surface area contributed by atoms with Crippen LogP contribution in [0.2, 0.25) is 0 Å². The molecule has 2 aromatic carbocycles. The Bertz CT molecular complexity index is 799. The van der Waals surface area contributed by atoms with E-state index in [0.717, 1.165) is 36.9 Å². The van der Waals surface area contributed by atoms with Gasteiger partial charge in [0.1, 0.15) is 5.75 Å². The molecular weight excluding hydrogens is 361 g/mol. The maximum atomic E-state index is 11.0. The number of nitrogens with one attached hydrogen (secondary N) is 1. The molecule has 0 amide bonds. The normalized spacial score (nSPS) is 14.1. The molecule has 0 aromatic heterocycles. The van der Waals surface area contributed by atoms with E-state index in [-0.39, 0.29) is 5.16 Å². The number of phenolic OH excluding ortho intramolecular Hbond substituents is 1. The van der Waals surface area contributed by atoms with Gasteiger partial charge in [0.25, 0.3) is 0 Å². The van der Waals surface area contributed by atoms with Crippen LogP contribution in [0.4, 0.5) is 0 Å². The van der Waals surface area contributed by atoms with Crippen LogP contribution in [-0.2, 0) is 11.7 Å². The van der Waals surface area contributed by atoms with Crippen LogP contribution >= 0.6 is 8.58 Å². The Labute approximate surface area is 173 Å². The molecule has 2 atom stereocenters. The minimum Gasteiger partial charge on any atom is -0.507 e. The molecule has 154 valence electrons. The van der Waals surface area contributed by atoms with Gasteiger partial charge in [-0.05, 0) is 55.6 Å². The van der Waals surface area contributed by atoms with Gasteiger partial charge < -0.3 is 10.4 Å². The van der Waals surface area contributed by atoms with E-state index in [1.807, 2.05) is 6.92 Å². The van der Waals surface area contributed by atoms with Crippen molar-refractivity contribution in [2.24, 2.45) is 0 Å². The van der Waals surface area contributed by atoms with Crippen LogP contribution in [0.5, 0.6) is 5.75 Å². The van der Waals surface area contributed by atoms with Gasteiger partial charge in [-0.15, -0.1) is 0 Å². The Hall–Kier alpha value is -1.37. The summed E-state index contributed by atoms with van der Waals surface area (Å²) in [4.78, 5) is 0. The van der Waals surface area contributed by atoms with Crippen molar-refractivity contribution in [3.63, 3.8) is 0 Å². The molecular formula is C25H38NOP. The van der Waals surface area contributed by atoms with Crippen molar-refractivity contribution in [2.75, 3.05) is 0 Å². The summed E-state index contributed by atoms with van der Waals surface area (Å²) in [5, 5.41) is 16.0. The van der Waals surface area contributed by atoms with Crippen LogP contribution in [0.1, 0.15) is 74.8 Å². The summed E-state index contributed by atoms with van der Waals surface area (Å²) in [6.45, 7) is 16.2. The molecule has 0 heterocycles. The number of rotatable bonds is 9. The van der Waals surface area contributed by atoms with Gasteiger partial charge in [-0.3, -0.25) is 0 Å². The highest BCUT2D eigenvalue weighted by atomic mass is 31.1. The molecule has 0 saturated carbocycles. The number of phenols is 1. The Morgan fingerprint density at radius 1 is 1.07 bits per heavy atom. The van der Waals surface area contributed by atoms with Gasteiger partial charge in [-0.1, -0.05) is 78.6 Å². The number of aryl methyl sites for hydroxylation is 3. The van der Waals surface area contributed by atoms with Gasteiger partial charge in [0, 0.05) is 23.3 Å². The number of hydrogen-bond donors (Lipinski definition) is 2. The molecule has 0 radical (unpaired) electrons. The molecule has 2 unspecified atom stereocenters. The van der Waals surface area contributed by atoms with Crippen molar-refractivity contribution in [2.45, 2.75) is 85.5 Å². The maximum Gasteiger partial charge on any atom is 0.122 e. The molecule has 2 rings (SSSR count). The summed E-state index contributed by atoms with van der Waals surface area (Å²) in [7, 11) is 0.640. The van der Waals surface area contributed by atoms with Crippen molar-refractivity contribution < 1.29 is 5.11 Å². The highest BCUT2D eigenvalue weighted by molar-refractivity contribution is 7.48. The Kier molecular flexibility index (Phi) is 8.10. The van der Waals surface area contributed by atoms with Crippen molar-refractivity contribution in [3.8, 4) is 5.75 Å². The fraction of sp³-hybridized carbons (Fsp3) is 0.520. The molecule has 0 bridgehead atoms. The first-order valence-electron chi connectivity index (χ1n) is 10.6. The molecule has 2 aromatic rings. The predicted octanol–water partition coefficient (Wildman–Crippen LogP) is 6.22. The summed E-state index contributed by atoms with van der Waals surface area (Å²) in [6, 6.07) is 11.4. The standard InChI is InChI=1S/C25H38NOP/c1-8-13-25(9-2,22-15-18(5)14-20(7)23(22)27)28-24-19(6)11-10-12-21(24)16-26-17(3)4/h10-12,14-15,17,26-28H,8-9,13,16H2,1-7H3. The molecule has 0 aliphatic heterocycles. The van der Waals surface area contributed by atoms with Crippen LogP contribution in [0, 0.1) is 20.8 Å². The van der Waals surface area contributed by atoms with E-state index in [9.17, 15) is 5.11 Å². The van der Waals surface area contributed by atoms with E-state index >= 15 is 0 Å². The Morgan fingerprint density at radius 3 is 2.39 bits per heavy atom. The lowest BCUT2D eigenvalue weighted by Gasteiger charge is -2.36. The number of aromatic hydroxyl groups is 1. The second-order valence-electron chi connectivity index (χ2n) is 8.43. The first-order chi connectivity index (χ1) is 13.2. The van der Waals surface area contributed by atoms with E-state index < -0.39 is 0 Å². The fourth-order valence-electron chi connectivity index (χ4n) is 4.08. The van der Waals surface area contributed by atoms with E-state index in [4.69, 9.17) is 0 Å². The van der Waals surface area contributed by atoms with E-state index in [0.29, 0.717) is 20.4 Å². The molecule has 0 fully saturated rings. The number of hydrogen-bond acceptors (Lipinski definition) is 2. The molecule has 2 N–H and O–H groups in total. The van der Waals surface area contributed by atoms with Crippen molar-refractivity contribution in [1.29, 1.82) is 0 Å². The third-order valence-electron chi connectivity index (χ3n) is 5.66. The topological polar surface area (TPSA) is 32.3 Å². The molecule has 0 spiro atoms. The van der Waals surface area contributed by atoms with Gasteiger partial charge in [-0.2, -0.15) is 0 Å². The average Bonchev–Trinajstić information content (AvgIpc) is 2.64. The molecule has 28 heavy (non-hydrogen) atoms. The van der Waals surface area contributed by atoms with Crippen LogP contribution < -0.4 is 10.6 Å². The summed E-state index contributed by atoms with van der Waals surface area (Å²) >= 11 is 0. The minimum atomic E-state index is -0.0195. The summed E-state index contributed by atoms with van der Waals surface area (Å²) in [6.07, 6.45) is 3.23. The van der Waals surface area contributed by atoms with Gasteiger partial charge in [0.15, 0.2) is 0 Å². The summed E-state index contributed by atoms with van der Waals surface area (Å²) in [5.41, 5.74) is 6.11. The second-order valence-corrected chi connectivity index (χ2v) is 10.1. The van der Waals surface area contributed by atoms with E-state index in [1.54, 1.807) is 0 Å². The average molecular weight is 400 g/mol. The van der Waals surface area contributed by atoms with Crippen molar-refractivity contribution in [3.05, 3.63) is 58.1 Å². The van der Waals surface area contributed by atoms with Crippen LogP contribution in [0.15, 0.2) is 30.3 Å². The summed E-state index contributed by atoms with van der Waals surface area (Å²) < 4.78 is 0. The lowest BCUT2D eigenvalue weighted by atomic mass is 9.88. The first-order valence-corrected chi connectivity index (χ1v) is 11.6. The zero-order valence-corrected chi connectivity index (χ0v) is 19.7. The fourth-order valence-corrected chi connectivity index (χ4v) is 6.05. The Balaban J connectivity index is 2.58. The summed E-state index contributed by atoms with van der Waals surface area (Å²) in [5.74, 6) is 0.490. The van der Waals surface area contributed by atoms with E-state index in [2.05, 4.69) is 77.2 Å². The second kappa shape index (κ2) is 9.90. The molecule has 0 saturated heterocycles. The SMILES string of the molecule is CCCC(CC)(Pc1c(C)cccc1CNC(C)C)c1cc(C)cc(C)c1O. The molecule has 0 aliphatic carbocycles. The van der Waals surface area contributed by atoms with Gasteiger partial charge in [0.05, 0.1) is 0 Å². The molecule has 0 aliphatic rings. The maximum absolute atomic E-state index is 11.0. The highest BCUT2D eigenvalue weighted by Crippen LogP contribution is 2.52. The molecule has 3 heteroatoms. The van der Waals surface area contributed by atoms with Gasteiger partial charge in [0.2, 0.25) is 0 Å². The quantitative estimate of drug-likeness (QED) is 0.490. The van der Waals surface area contributed by atoms with Gasteiger partial charge in [-0.25, -0.2) is 0 Å². The largest absolute Gasteiger partial charge is 0.507 e. The monoisotopic (exact) mass is 399 g/mol. The molecule has 2 nitrogen and oxygen atoms in total.